The second-order valence-electron chi connectivity index (χ2n) is 1.90. The summed E-state index contributed by atoms with van der Waals surface area (Å²) in [5, 5.41) is 7.56. The minimum atomic E-state index is -3.51. The molecule has 1 aliphatic heterocycles. The van der Waals surface area contributed by atoms with Gasteiger partial charge in [-0.25, -0.2) is 13.6 Å². The van der Waals surface area contributed by atoms with Gasteiger partial charge in [-0.05, 0) is 6.08 Å². The number of nitrogens with one attached hydrogen (secondary N) is 1. The van der Waals surface area contributed by atoms with Gasteiger partial charge in [0.1, 0.15) is 0 Å². The Hall–Kier alpha value is -0.810. The van der Waals surface area contributed by atoms with Crippen molar-refractivity contribution in [2.75, 3.05) is 6.54 Å². The first kappa shape index (κ1) is 7.30. The fourth-order valence-electron chi connectivity index (χ4n) is 0.628. The van der Waals surface area contributed by atoms with Gasteiger partial charge in [0.05, 0.1) is 4.91 Å². The summed E-state index contributed by atoms with van der Waals surface area (Å²) >= 11 is 0. The van der Waals surface area contributed by atoms with Crippen molar-refractivity contribution in [2.24, 2.45) is 5.14 Å². The van der Waals surface area contributed by atoms with Crippen molar-refractivity contribution in [2.45, 2.75) is 0 Å². The van der Waals surface area contributed by atoms with Crippen LogP contribution in [0.15, 0.2) is 23.3 Å². The summed E-state index contributed by atoms with van der Waals surface area (Å²) in [7, 11) is -3.51. The second kappa shape index (κ2) is 2.43. The summed E-state index contributed by atoms with van der Waals surface area (Å²) < 4.78 is 21.2. The van der Waals surface area contributed by atoms with Gasteiger partial charge in [-0.3, -0.25) is 0 Å². The largest absolute Gasteiger partial charge is 0.386 e. The smallest absolute Gasteiger partial charge is 0.239 e. The number of sulfonamides is 1. The standard InChI is InChI=1S/C5H8N2O2S/c6-10(8,9)5-2-1-3-7-4-5/h1-2,4,7H,3H2,(H2,6,8,9). The fraction of sp³-hybridized carbons (Fsp3) is 0.200. The molecule has 0 radical (unpaired) electrons. The van der Waals surface area contributed by atoms with Gasteiger partial charge in [-0.1, -0.05) is 6.08 Å². The Morgan fingerprint density at radius 2 is 2.30 bits per heavy atom. The summed E-state index contributed by atoms with van der Waals surface area (Å²) in [5.41, 5.74) is 0. The van der Waals surface area contributed by atoms with E-state index in [1.165, 1.54) is 12.3 Å². The van der Waals surface area contributed by atoms with Crippen LogP contribution in [0.5, 0.6) is 0 Å². The molecule has 0 amide bonds. The summed E-state index contributed by atoms with van der Waals surface area (Å²) in [4.78, 5) is 0.124. The monoisotopic (exact) mass is 160 g/mol. The van der Waals surface area contributed by atoms with Crippen molar-refractivity contribution in [1.82, 2.24) is 5.32 Å². The van der Waals surface area contributed by atoms with Gasteiger partial charge in [0.25, 0.3) is 0 Å². The van der Waals surface area contributed by atoms with Crippen LogP contribution in [0.1, 0.15) is 0 Å². The molecule has 1 aliphatic rings. The number of hydrogen-bond acceptors (Lipinski definition) is 3. The Bertz CT molecular complexity index is 276. The van der Waals surface area contributed by atoms with Crippen LogP contribution in [0.3, 0.4) is 0 Å². The van der Waals surface area contributed by atoms with Crippen LogP contribution in [0.25, 0.3) is 0 Å². The van der Waals surface area contributed by atoms with Crippen LogP contribution in [0.4, 0.5) is 0 Å². The quantitative estimate of drug-likeness (QED) is 0.531. The molecule has 1 rings (SSSR count). The second-order valence-corrected chi connectivity index (χ2v) is 3.46. The maximum atomic E-state index is 10.6. The third-order valence-electron chi connectivity index (χ3n) is 1.09. The van der Waals surface area contributed by atoms with E-state index in [1.54, 1.807) is 6.08 Å². The minimum Gasteiger partial charge on any atom is -0.386 e. The Labute approximate surface area is 59.5 Å². The molecule has 56 valence electrons. The molecule has 0 saturated heterocycles. The Balaban J connectivity index is 2.94. The van der Waals surface area contributed by atoms with E-state index in [0.717, 1.165) is 0 Å². The molecule has 0 atom stereocenters. The molecule has 0 saturated carbocycles. The van der Waals surface area contributed by atoms with Gasteiger partial charge >= 0.3 is 0 Å². The van der Waals surface area contributed by atoms with Gasteiger partial charge in [0, 0.05) is 12.7 Å². The summed E-state index contributed by atoms with van der Waals surface area (Å²) in [6.07, 6.45) is 4.56. The minimum absolute atomic E-state index is 0.124. The maximum Gasteiger partial charge on any atom is 0.239 e. The Kier molecular flexibility index (Phi) is 1.78. The highest BCUT2D eigenvalue weighted by atomic mass is 32.2. The van der Waals surface area contributed by atoms with E-state index >= 15 is 0 Å². The van der Waals surface area contributed by atoms with E-state index in [2.05, 4.69) is 5.32 Å². The van der Waals surface area contributed by atoms with Crippen LogP contribution < -0.4 is 10.5 Å². The van der Waals surface area contributed by atoms with Gasteiger partial charge in [-0.2, -0.15) is 0 Å². The first-order valence-corrected chi connectivity index (χ1v) is 4.28. The lowest BCUT2D eigenvalue weighted by molar-refractivity contribution is 0.604. The van der Waals surface area contributed by atoms with Crippen molar-refractivity contribution in [3.05, 3.63) is 23.3 Å². The zero-order valence-electron chi connectivity index (χ0n) is 5.24. The maximum absolute atomic E-state index is 10.6. The normalized spacial score (nSPS) is 17.9. The molecular weight excluding hydrogens is 152 g/mol. The first-order chi connectivity index (χ1) is 4.61. The average molecular weight is 160 g/mol. The number of hydrogen-bond donors (Lipinski definition) is 2. The van der Waals surface area contributed by atoms with E-state index in [4.69, 9.17) is 5.14 Å². The molecular formula is C5H8N2O2S. The van der Waals surface area contributed by atoms with E-state index in [-0.39, 0.29) is 4.91 Å². The number of dihydropyridines is 1. The molecule has 4 nitrogen and oxygen atoms in total. The zero-order chi connectivity index (χ0) is 7.61. The van der Waals surface area contributed by atoms with Gasteiger partial charge in [0.2, 0.25) is 10.0 Å². The molecule has 0 aromatic rings. The van der Waals surface area contributed by atoms with Crippen LogP contribution in [-0.2, 0) is 10.0 Å². The predicted octanol–water partition coefficient (Wildman–Crippen LogP) is -0.724. The highest BCUT2D eigenvalue weighted by Crippen LogP contribution is 2.03. The molecule has 0 bridgehead atoms. The van der Waals surface area contributed by atoms with E-state index in [1.807, 2.05) is 0 Å². The highest BCUT2D eigenvalue weighted by molar-refractivity contribution is 7.93. The Morgan fingerprint density at radius 1 is 1.60 bits per heavy atom. The Morgan fingerprint density at radius 3 is 2.60 bits per heavy atom. The summed E-state index contributed by atoms with van der Waals surface area (Å²) in [6, 6.07) is 0. The van der Waals surface area contributed by atoms with E-state index < -0.39 is 10.0 Å². The van der Waals surface area contributed by atoms with E-state index in [9.17, 15) is 8.42 Å². The molecule has 0 aromatic carbocycles. The molecule has 0 unspecified atom stereocenters. The molecule has 0 spiro atoms. The van der Waals surface area contributed by atoms with Crippen LogP contribution in [0.2, 0.25) is 0 Å². The molecule has 5 heteroatoms. The lowest BCUT2D eigenvalue weighted by Gasteiger charge is -2.04. The van der Waals surface area contributed by atoms with Crippen LogP contribution in [-0.4, -0.2) is 15.0 Å². The summed E-state index contributed by atoms with van der Waals surface area (Å²) in [6.45, 7) is 0.652. The predicted molar refractivity (Wildman–Crippen MR) is 38.3 cm³/mol. The van der Waals surface area contributed by atoms with E-state index in [0.29, 0.717) is 6.54 Å². The average Bonchev–Trinajstić information content (AvgIpc) is 1.88. The summed E-state index contributed by atoms with van der Waals surface area (Å²) in [5.74, 6) is 0. The van der Waals surface area contributed by atoms with Crippen LogP contribution >= 0.6 is 0 Å². The van der Waals surface area contributed by atoms with Gasteiger partial charge < -0.3 is 5.32 Å². The highest BCUT2D eigenvalue weighted by Gasteiger charge is 2.08. The topological polar surface area (TPSA) is 72.2 Å². The number of primary sulfonamides is 1. The molecule has 0 aliphatic carbocycles. The number of nitrogens with two attached hydrogens (primary N) is 1. The molecule has 10 heavy (non-hydrogen) atoms. The number of rotatable bonds is 1. The molecule has 0 fully saturated rings. The third kappa shape index (κ3) is 1.58. The first-order valence-electron chi connectivity index (χ1n) is 2.73. The van der Waals surface area contributed by atoms with Gasteiger partial charge in [0.15, 0.2) is 0 Å². The lowest BCUT2D eigenvalue weighted by atomic mass is 10.4. The molecule has 1 heterocycles. The van der Waals surface area contributed by atoms with Crippen molar-refractivity contribution >= 4 is 10.0 Å². The molecule has 3 N–H and O–H groups in total. The van der Waals surface area contributed by atoms with Crippen molar-refractivity contribution in [1.29, 1.82) is 0 Å². The van der Waals surface area contributed by atoms with Crippen LogP contribution in [0, 0.1) is 0 Å². The van der Waals surface area contributed by atoms with Crippen molar-refractivity contribution < 1.29 is 8.42 Å². The molecule has 0 aromatic heterocycles. The van der Waals surface area contributed by atoms with Gasteiger partial charge in [-0.15, -0.1) is 0 Å². The zero-order valence-corrected chi connectivity index (χ0v) is 6.06. The van der Waals surface area contributed by atoms with Crippen molar-refractivity contribution in [3.63, 3.8) is 0 Å². The van der Waals surface area contributed by atoms with Crippen molar-refractivity contribution in [3.8, 4) is 0 Å². The SMILES string of the molecule is NS(=O)(=O)C1=CNCC=C1. The third-order valence-corrected chi connectivity index (χ3v) is 2.00. The number of allylic oxidation sites excluding steroid dienone is 1. The fourth-order valence-corrected chi connectivity index (χ4v) is 1.16. The lowest BCUT2D eigenvalue weighted by Crippen LogP contribution is -2.19.